The van der Waals surface area contributed by atoms with Crippen LogP contribution >= 0.6 is 0 Å². The third-order valence-electron chi connectivity index (χ3n) is 3.68. The quantitative estimate of drug-likeness (QED) is 0.572. The van der Waals surface area contributed by atoms with Crippen LogP contribution in [0, 0.1) is 6.92 Å². The maximum Gasteiger partial charge on any atom is 0.271 e. The molecule has 1 heterocycles. The van der Waals surface area contributed by atoms with Gasteiger partial charge in [-0.25, -0.2) is 5.43 Å². The van der Waals surface area contributed by atoms with Crippen LogP contribution in [-0.4, -0.2) is 11.6 Å². The predicted molar refractivity (Wildman–Crippen MR) is 95.0 cm³/mol. The summed E-state index contributed by atoms with van der Waals surface area (Å²) in [6, 6.07) is 21.2. The second-order valence-electron chi connectivity index (χ2n) is 5.49. The van der Waals surface area contributed by atoms with E-state index in [-0.39, 0.29) is 5.91 Å². The lowest BCUT2D eigenvalue weighted by Gasteiger charge is -2.04. The molecule has 0 unspecified atom stereocenters. The van der Waals surface area contributed by atoms with E-state index in [4.69, 9.17) is 4.42 Å². The summed E-state index contributed by atoms with van der Waals surface area (Å²) in [4.78, 5) is 12.2. The number of nitrogens with zero attached hydrogens (tertiary/aromatic N) is 1. The van der Waals surface area contributed by atoms with E-state index in [1.807, 2.05) is 61.5 Å². The molecule has 1 aromatic heterocycles. The summed E-state index contributed by atoms with van der Waals surface area (Å²) in [5, 5.41) is 4.09. The molecule has 4 heteroatoms. The summed E-state index contributed by atoms with van der Waals surface area (Å²) in [5.41, 5.74) is 5.92. The molecule has 0 bridgehead atoms. The van der Waals surface area contributed by atoms with Crippen molar-refractivity contribution in [3.63, 3.8) is 0 Å². The first kappa shape index (κ1) is 15.7. The molecule has 1 N–H and O–H groups in total. The van der Waals surface area contributed by atoms with Gasteiger partial charge in [0.15, 0.2) is 0 Å². The first-order chi connectivity index (χ1) is 11.6. The minimum absolute atomic E-state index is 0.253. The molecule has 0 radical (unpaired) electrons. The molecule has 0 fully saturated rings. The maximum absolute atomic E-state index is 12.2. The van der Waals surface area contributed by atoms with Crippen LogP contribution in [-0.2, 0) is 0 Å². The molecule has 120 valence electrons. The maximum atomic E-state index is 12.2. The van der Waals surface area contributed by atoms with Gasteiger partial charge in [0.2, 0.25) is 0 Å². The number of hydrogen-bond acceptors (Lipinski definition) is 3. The van der Waals surface area contributed by atoms with E-state index >= 15 is 0 Å². The van der Waals surface area contributed by atoms with Crippen molar-refractivity contribution >= 4 is 11.6 Å². The Morgan fingerprint density at radius 2 is 1.58 bits per heavy atom. The summed E-state index contributed by atoms with van der Waals surface area (Å²) in [7, 11) is 0. The lowest BCUT2D eigenvalue weighted by Crippen LogP contribution is -2.19. The van der Waals surface area contributed by atoms with Gasteiger partial charge < -0.3 is 4.42 Å². The Morgan fingerprint density at radius 3 is 2.21 bits per heavy atom. The zero-order chi connectivity index (χ0) is 16.9. The van der Waals surface area contributed by atoms with Crippen LogP contribution in [0.15, 0.2) is 76.2 Å². The minimum Gasteiger partial charge on any atom is -0.460 e. The Bertz CT molecular complexity index is 862. The highest BCUT2D eigenvalue weighted by molar-refractivity contribution is 5.99. The minimum atomic E-state index is -0.253. The van der Waals surface area contributed by atoms with Gasteiger partial charge in [0.05, 0.1) is 0 Å². The fraction of sp³-hybridized carbons (Fsp3) is 0.100. The fourth-order valence-electron chi connectivity index (χ4n) is 2.33. The molecule has 3 rings (SSSR count). The number of aryl methyl sites for hydroxylation is 1. The molecule has 4 nitrogen and oxygen atoms in total. The molecule has 0 atom stereocenters. The van der Waals surface area contributed by atoms with Gasteiger partial charge in [-0.05, 0) is 49.2 Å². The van der Waals surface area contributed by atoms with Crippen LogP contribution < -0.4 is 5.43 Å². The van der Waals surface area contributed by atoms with Gasteiger partial charge in [-0.1, -0.05) is 42.5 Å². The Kier molecular flexibility index (Phi) is 4.57. The molecular weight excluding hydrogens is 300 g/mol. The molecular formula is C20H18N2O2. The van der Waals surface area contributed by atoms with Crippen molar-refractivity contribution in [1.29, 1.82) is 0 Å². The van der Waals surface area contributed by atoms with Gasteiger partial charge in [-0.2, -0.15) is 5.10 Å². The van der Waals surface area contributed by atoms with Gasteiger partial charge in [-0.15, -0.1) is 0 Å². The van der Waals surface area contributed by atoms with Crippen molar-refractivity contribution in [2.45, 2.75) is 13.8 Å². The van der Waals surface area contributed by atoms with Crippen LogP contribution in [0.5, 0.6) is 0 Å². The van der Waals surface area contributed by atoms with Gasteiger partial charge in [0.25, 0.3) is 5.91 Å². The predicted octanol–water partition coefficient (Wildman–Crippen LogP) is 4.41. The lowest BCUT2D eigenvalue weighted by atomic mass is 10.0. The molecule has 3 aromatic rings. The van der Waals surface area contributed by atoms with Crippen molar-refractivity contribution in [2.75, 3.05) is 0 Å². The highest BCUT2D eigenvalue weighted by Gasteiger charge is 2.07. The first-order valence-corrected chi connectivity index (χ1v) is 7.70. The standard InChI is InChI=1S/C20H18N2O2/c1-14-8-13-19(24-14)15(2)21-22-20(23)18-11-9-17(10-12-18)16-6-4-3-5-7-16/h3-13H,1-2H3,(H,22,23). The molecule has 0 aliphatic carbocycles. The van der Waals surface area contributed by atoms with Crippen LogP contribution in [0.1, 0.15) is 28.8 Å². The van der Waals surface area contributed by atoms with E-state index in [0.717, 1.165) is 16.9 Å². The summed E-state index contributed by atoms with van der Waals surface area (Å²) >= 11 is 0. The van der Waals surface area contributed by atoms with E-state index in [1.165, 1.54) is 0 Å². The monoisotopic (exact) mass is 318 g/mol. The largest absolute Gasteiger partial charge is 0.460 e. The molecule has 0 aliphatic heterocycles. The Labute approximate surface area is 140 Å². The number of furan rings is 1. The molecule has 24 heavy (non-hydrogen) atoms. The number of rotatable bonds is 4. The molecule has 0 spiro atoms. The second-order valence-corrected chi connectivity index (χ2v) is 5.49. The zero-order valence-electron chi connectivity index (χ0n) is 13.6. The van der Waals surface area contributed by atoms with Crippen LogP contribution in [0.3, 0.4) is 0 Å². The highest BCUT2D eigenvalue weighted by atomic mass is 16.3. The molecule has 0 saturated carbocycles. The van der Waals surface area contributed by atoms with Gasteiger partial charge in [0, 0.05) is 5.56 Å². The number of carbonyl (C=O) groups excluding carboxylic acids is 1. The number of hydrazone groups is 1. The summed E-state index contributed by atoms with van der Waals surface area (Å²) in [5.74, 6) is 1.20. The molecule has 2 aromatic carbocycles. The van der Waals surface area contributed by atoms with Crippen molar-refractivity contribution in [3.05, 3.63) is 83.8 Å². The highest BCUT2D eigenvalue weighted by Crippen LogP contribution is 2.19. The zero-order valence-corrected chi connectivity index (χ0v) is 13.6. The Hall–Kier alpha value is -3.14. The number of benzene rings is 2. The van der Waals surface area contributed by atoms with E-state index in [1.54, 1.807) is 19.1 Å². The third-order valence-corrected chi connectivity index (χ3v) is 3.68. The number of carbonyl (C=O) groups is 1. The summed E-state index contributed by atoms with van der Waals surface area (Å²) < 4.78 is 5.47. The summed E-state index contributed by atoms with van der Waals surface area (Å²) in [6.07, 6.45) is 0. The summed E-state index contributed by atoms with van der Waals surface area (Å²) in [6.45, 7) is 3.65. The van der Waals surface area contributed by atoms with Crippen molar-refractivity contribution < 1.29 is 9.21 Å². The van der Waals surface area contributed by atoms with Gasteiger partial charge in [-0.3, -0.25) is 4.79 Å². The van der Waals surface area contributed by atoms with E-state index in [9.17, 15) is 4.79 Å². The second kappa shape index (κ2) is 6.96. The van der Waals surface area contributed by atoms with Crippen molar-refractivity contribution in [2.24, 2.45) is 5.10 Å². The number of hydrogen-bond donors (Lipinski definition) is 1. The fourth-order valence-corrected chi connectivity index (χ4v) is 2.33. The van der Waals surface area contributed by atoms with Gasteiger partial charge in [0.1, 0.15) is 17.2 Å². The van der Waals surface area contributed by atoms with E-state index < -0.39 is 0 Å². The van der Waals surface area contributed by atoms with E-state index in [2.05, 4.69) is 10.5 Å². The SMILES string of the molecule is CC(=NNC(=O)c1ccc(-c2ccccc2)cc1)c1ccc(C)o1. The van der Waals surface area contributed by atoms with Crippen molar-refractivity contribution in [1.82, 2.24) is 5.43 Å². The van der Waals surface area contributed by atoms with Gasteiger partial charge >= 0.3 is 0 Å². The average molecular weight is 318 g/mol. The third kappa shape index (κ3) is 3.60. The van der Waals surface area contributed by atoms with Crippen LogP contribution in [0.4, 0.5) is 0 Å². The Balaban J connectivity index is 1.69. The van der Waals surface area contributed by atoms with Crippen molar-refractivity contribution in [3.8, 4) is 11.1 Å². The topological polar surface area (TPSA) is 54.6 Å². The molecule has 1 amide bonds. The molecule has 0 aliphatic rings. The lowest BCUT2D eigenvalue weighted by molar-refractivity contribution is 0.0955. The first-order valence-electron chi connectivity index (χ1n) is 7.70. The number of amides is 1. The number of nitrogens with one attached hydrogen (secondary N) is 1. The average Bonchev–Trinajstić information content (AvgIpc) is 3.07. The van der Waals surface area contributed by atoms with E-state index in [0.29, 0.717) is 17.0 Å². The smallest absolute Gasteiger partial charge is 0.271 e. The van der Waals surface area contributed by atoms with Crippen LogP contribution in [0.25, 0.3) is 11.1 Å². The van der Waals surface area contributed by atoms with Crippen LogP contribution in [0.2, 0.25) is 0 Å². The normalized spacial score (nSPS) is 11.3. The molecule has 0 saturated heterocycles. The Morgan fingerprint density at radius 1 is 0.917 bits per heavy atom.